The number of carbonyl (C=O) groups excluding carboxylic acids is 2. The molecule has 11 heteroatoms. The van der Waals surface area contributed by atoms with E-state index in [1.165, 1.54) is 5.56 Å². The standard InChI is InChI=1S/C33H47N2O8P/c1-24(2)41-32(37)26(4)35-44(39,20-8-9-25(3)22-36)43-29-14-12-28(13-15-29)21-31(33(38)42-30-17-19-40-23-30)34-18-16-27-10-6-5-7-11-27/h5-7,9-15,24,26,30-31,34,36H,8,16-23H2,1-4H3,(H,35,39)/b25-9+/t26-,30-,31-,44?/m0/s1. The molecular weight excluding hydrogens is 583 g/mol. The quantitative estimate of drug-likeness (QED) is 0.122. The van der Waals surface area contributed by atoms with E-state index in [0.29, 0.717) is 44.8 Å². The first-order valence-corrected chi connectivity index (χ1v) is 17.1. The number of ether oxygens (including phenoxy) is 3. The molecule has 1 heterocycles. The van der Waals surface area contributed by atoms with Gasteiger partial charge in [-0.15, -0.1) is 0 Å². The summed E-state index contributed by atoms with van der Waals surface area (Å²) >= 11 is 0. The van der Waals surface area contributed by atoms with Gasteiger partial charge < -0.3 is 29.2 Å². The van der Waals surface area contributed by atoms with Gasteiger partial charge in [-0.1, -0.05) is 54.1 Å². The van der Waals surface area contributed by atoms with Crippen molar-refractivity contribution in [2.75, 3.05) is 32.5 Å². The molecule has 0 aliphatic carbocycles. The normalized spacial score (nSPS) is 18.0. The molecule has 2 aromatic carbocycles. The lowest BCUT2D eigenvalue weighted by atomic mass is 10.0. The lowest BCUT2D eigenvalue weighted by Gasteiger charge is -2.24. The molecule has 44 heavy (non-hydrogen) atoms. The monoisotopic (exact) mass is 630 g/mol. The highest BCUT2D eigenvalue weighted by Gasteiger charge is 2.30. The summed E-state index contributed by atoms with van der Waals surface area (Å²) in [6.45, 7) is 8.35. The average molecular weight is 631 g/mol. The minimum atomic E-state index is -3.56. The Bertz CT molecular complexity index is 1250. The number of nitrogens with one attached hydrogen (secondary N) is 2. The lowest BCUT2D eigenvalue weighted by molar-refractivity contribution is -0.151. The molecular formula is C33H47N2O8P. The van der Waals surface area contributed by atoms with Crippen LogP contribution in [0.25, 0.3) is 0 Å². The van der Waals surface area contributed by atoms with Crippen LogP contribution in [-0.4, -0.2) is 73.9 Å². The van der Waals surface area contributed by atoms with Crippen LogP contribution in [0.5, 0.6) is 5.75 Å². The van der Waals surface area contributed by atoms with E-state index >= 15 is 0 Å². The topological polar surface area (TPSA) is 132 Å². The van der Waals surface area contributed by atoms with Crippen LogP contribution in [0.2, 0.25) is 0 Å². The van der Waals surface area contributed by atoms with Crippen LogP contribution in [0.15, 0.2) is 66.2 Å². The van der Waals surface area contributed by atoms with Crippen molar-refractivity contribution in [3.63, 3.8) is 0 Å². The van der Waals surface area contributed by atoms with E-state index in [2.05, 4.69) is 22.5 Å². The highest BCUT2D eigenvalue weighted by molar-refractivity contribution is 7.57. The Kier molecular flexibility index (Phi) is 14.6. The SMILES string of the molecule is C/C(=C\CCP(=O)(N[C@@H](C)C(=O)OC(C)C)Oc1ccc(C[C@H](NCCc2ccccc2)C(=O)O[C@H]2CCOC2)cc1)CO. The first-order chi connectivity index (χ1) is 21.1. The maximum atomic E-state index is 13.9. The summed E-state index contributed by atoms with van der Waals surface area (Å²) < 4.78 is 36.2. The third kappa shape index (κ3) is 12.5. The second-order valence-electron chi connectivity index (χ2n) is 11.3. The molecule has 3 rings (SSSR count). The van der Waals surface area contributed by atoms with Gasteiger partial charge in [0, 0.05) is 6.42 Å². The molecule has 1 aliphatic rings. The van der Waals surface area contributed by atoms with Crippen molar-refractivity contribution in [2.45, 2.75) is 77.7 Å². The van der Waals surface area contributed by atoms with Crippen molar-refractivity contribution in [1.29, 1.82) is 0 Å². The molecule has 0 aromatic heterocycles. The van der Waals surface area contributed by atoms with Crippen LogP contribution in [-0.2, 0) is 41.2 Å². The molecule has 1 aliphatic heterocycles. The number of aliphatic hydroxyl groups is 1. The molecule has 0 saturated carbocycles. The fraction of sp³-hybridized carbons (Fsp3) is 0.515. The Balaban J connectivity index is 1.69. The van der Waals surface area contributed by atoms with Crippen LogP contribution in [0.3, 0.4) is 0 Å². The fourth-order valence-electron chi connectivity index (χ4n) is 4.58. The number of esters is 2. The van der Waals surface area contributed by atoms with E-state index < -0.39 is 25.6 Å². The molecule has 242 valence electrons. The number of rotatable bonds is 18. The van der Waals surface area contributed by atoms with E-state index in [4.69, 9.17) is 18.7 Å². The highest BCUT2D eigenvalue weighted by atomic mass is 31.2. The molecule has 3 N–H and O–H groups in total. The molecule has 1 saturated heterocycles. The summed E-state index contributed by atoms with van der Waals surface area (Å²) in [5, 5.41) is 15.5. The smallest absolute Gasteiger partial charge is 0.323 e. The Morgan fingerprint density at radius 3 is 2.43 bits per heavy atom. The minimum absolute atomic E-state index is 0.0960. The predicted molar refractivity (Wildman–Crippen MR) is 170 cm³/mol. The lowest BCUT2D eigenvalue weighted by Crippen LogP contribution is -2.42. The van der Waals surface area contributed by atoms with Crippen LogP contribution in [0.4, 0.5) is 0 Å². The molecule has 0 amide bonds. The maximum Gasteiger partial charge on any atom is 0.323 e. The van der Waals surface area contributed by atoms with E-state index in [0.717, 1.165) is 17.6 Å². The zero-order chi connectivity index (χ0) is 32.0. The van der Waals surface area contributed by atoms with Gasteiger partial charge in [-0.05, 0) is 76.8 Å². The van der Waals surface area contributed by atoms with Gasteiger partial charge in [0.25, 0.3) is 0 Å². The number of hydrogen-bond acceptors (Lipinski definition) is 9. The summed E-state index contributed by atoms with van der Waals surface area (Å²) in [6, 6.07) is 15.7. The first-order valence-electron chi connectivity index (χ1n) is 15.2. The number of benzene rings is 2. The van der Waals surface area contributed by atoms with E-state index in [-0.39, 0.29) is 30.9 Å². The number of aliphatic hydroxyl groups excluding tert-OH is 1. The minimum Gasteiger partial charge on any atom is -0.462 e. The van der Waals surface area contributed by atoms with Gasteiger partial charge in [-0.25, -0.2) is 5.09 Å². The van der Waals surface area contributed by atoms with E-state index in [9.17, 15) is 19.3 Å². The predicted octanol–water partition coefficient (Wildman–Crippen LogP) is 4.59. The third-order valence-electron chi connectivity index (χ3n) is 6.98. The van der Waals surface area contributed by atoms with Crippen molar-refractivity contribution in [1.82, 2.24) is 10.4 Å². The fourth-order valence-corrected chi connectivity index (χ4v) is 6.48. The van der Waals surface area contributed by atoms with E-state index in [1.54, 1.807) is 45.9 Å². The Morgan fingerprint density at radius 2 is 1.80 bits per heavy atom. The zero-order valence-electron chi connectivity index (χ0n) is 26.2. The number of allylic oxidation sites excluding steroid dienone is 1. The average Bonchev–Trinajstić information content (AvgIpc) is 3.50. The van der Waals surface area contributed by atoms with Gasteiger partial charge in [-0.2, -0.15) is 0 Å². The van der Waals surface area contributed by atoms with E-state index in [1.807, 2.05) is 30.3 Å². The Hall–Kier alpha value is -3.01. The van der Waals surface area contributed by atoms with Crippen molar-refractivity contribution < 1.29 is 38.0 Å². The summed E-state index contributed by atoms with van der Waals surface area (Å²) in [6.07, 6.45) is 3.57. The summed E-state index contributed by atoms with van der Waals surface area (Å²) in [4.78, 5) is 25.5. The van der Waals surface area contributed by atoms with Gasteiger partial charge >= 0.3 is 19.5 Å². The Labute approximate surface area is 261 Å². The first kappa shape index (κ1) is 35.5. The molecule has 1 fully saturated rings. The summed E-state index contributed by atoms with van der Waals surface area (Å²) in [5.41, 5.74) is 2.79. The largest absolute Gasteiger partial charge is 0.462 e. The van der Waals surface area contributed by atoms with Crippen LogP contribution in [0.1, 0.15) is 51.7 Å². The second-order valence-corrected chi connectivity index (χ2v) is 13.6. The van der Waals surface area contributed by atoms with Gasteiger partial charge in [0.05, 0.1) is 32.1 Å². The highest BCUT2D eigenvalue weighted by Crippen LogP contribution is 2.44. The number of hydrogen-bond donors (Lipinski definition) is 3. The van der Waals surface area contributed by atoms with Crippen molar-refractivity contribution in [3.8, 4) is 5.75 Å². The van der Waals surface area contributed by atoms with Crippen molar-refractivity contribution in [2.24, 2.45) is 0 Å². The molecule has 0 spiro atoms. The van der Waals surface area contributed by atoms with Crippen LogP contribution >= 0.6 is 7.52 Å². The molecule has 0 bridgehead atoms. The molecule has 4 atom stereocenters. The third-order valence-corrected chi connectivity index (χ3v) is 9.11. The molecule has 10 nitrogen and oxygen atoms in total. The molecule has 1 unspecified atom stereocenters. The maximum absolute atomic E-state index is 13.9. The molecule has 0 radical (unpaired) electrons. The van der Waals surface area contributed by atoms with Crippen molar-refractivity contribution >= 4 is 19.5 Å². The number of carbonyl (C=O) groups is 2. The van der Waals surface area contributed by atoms with Gasteiger partial charge in [-0.3, -0.25) is 14.2 Å². The van der Waals surface area contributed by atoms with Crippen LogP contribution in [0, 0.1) is 0 Å². The summed E-state index contributed by atoms with van der Waals surface area (Å²) in [5.74, 6) is -0.490. The van der Waals surface area contributed by atoms with Crippen LogP contribution < -0.4 is 14.9 Å². The second kappa shape index (κ2) is 18.1. The zero-order valence-corrected chi connectivity index (χ0v) is 27.1. The van der Waals surface area contributed by atoms with Crippen molar-refractivity contribution in [3.05, 3.63) is 77.4 Å². The van der Waals surface area contributed by atoms with Gasteiger partial charge in [0.1, 0.15) is 23.9 Å². The summed E-state index contributed by atoms with van der Waals surface area (Å²) in [7, 11) is -3.56. The Morgan fingerprint density at radius 1 is 1.07 bits per heavy atom. The molecule has 2 aromatic rings. The van der Waals surface area contributed by atoms with Gasteiger partial charge in [0.15, 0.2) is 0 Å². The van der Waals surface area contributed by atoms with Gasteiger partial charge in [0.2, 0.25) is 0 Å².